The Morgan fingerprint density at radius 1 is 1.04 bits per heavy atom. The lowest BCUT2D eigenvalue weighted by Gasteiger charge is -2.23. The second kappa shape index (κ2) is 8.16. The molecule has 0 bridgehead atoms. The molecule has 0 aliphatic heterocycles. The third kappa shape index (κ3) is 5.90. The fourth-order valence-electron chi connectivity index (χ4n) is 2.53. The predicted molar refractivity (Wildman–Crippen MR) is 91.0 cm³/mol. The summed E-state index contributed by atoms with van der Waals surface area (Å²) in [6.07, 6.45) is -4.33. The average Bonchev–Trinajstić information content (AvgIpc) is 2.54. The van der Waals surface area contributed by atoms with Gasteiger partial charge >= 0.3 is 6.18 Å². The van der Waals surface area contributed by atoms with Crippen molar-refractivity contribution in [3.05, 3.63) is 71.3 Å². The van der Waals surface area contributed by atoms with Gasteiger partial charge in [-0.1, -0.05) is 42.5 Å². The second-order valence-electron chi connectivity index (χ2n) is 6.16. The van der Waals surface area contributed by atoms with Gasteiger partial charge in [0.1, 0.15) is 0 Å². The molecule has 0 aliphatic rings. The highest BCUT2D eigenvalue weighted by molar-refractivity contribution is 5.79. The fourth-order valence-corrected chi connectivity index (χ4v) is 2.53. The number of amides is 1. The number of carbonyl (C=O) groups is 1. The van der Waals surface area contributed by atoms with Crippen molar-refractivity contribution in [1.82, 2.24) is 10.2 Å². The lowest BCUT2D eigenvalue weighted by molar-refractivity contribution is -0.137. The molecule has 0 saturated heterocycles. The molecular formula is C19H21F3N2O. The van der Waals surface area contributed by atoms with Gasteiger partial charge in [-0.15, -0.1) is 0 Å². The smallest absolute Gasteiger partial charge is 0.348 e. The summed E-state index contributed by atoms with van der Waals surface area (Å²) < 4.78 is 37.7. The van der Waals surface area contributed by atoms with E-state index in [2.05, 4.69) is 5.32 Å². The summed E-state index contributed by atoms with van der Waals surface area (Å²) >= 11 is 0. The van der Waals surface area contributed by atoms with Gasteiger partial charge in [-0.25, -0.2) is 0 Å². The van der Waals surface area contributed by atoms with Gasteiger partial charge in [0, 0.05) is 6.54 Å². The van der Waals surface area contributed by atoms with Crippen molar-refractivity contribution in [1.29, 1.82) is 0 Å². The minimum absolute atomic E-state index is 0.0366. The first-order chi connectivity index (χ1) is 11.8. The number of carbonyl (C=O) groups excluding carboxylic acids is 1. The Balaban J connectivity index is 2.03. The van der Waals surface area contributed by atoms with Gasteiger partial charge in [-0.05, 0) is 37.4 Å². The van der Waals surface area contributed by atoms with E-state index in [9.17, 15) is 18.0 Å². The molecule has 0 heterocycles. The van der Waals surface area contributed by atoms with Crippen LogP contribution in [-0.2, 0) is 17.4 Å². The average molecular weight is 350 g/mol. The van der Waals surface area contributed by atoms with Crippen molar-refractivity contribution in [3.63, 3.8) is 0 Å². The molecule has 2 aromatic rings. The minimum Gasteiger partial charge on any atom is -0.348 e. The molecule has 0 fully saturated rings. The van der Waals surface area contributed by atoms with Crippen LogP contribution in [-0.4, -0.2) is 31.4 Å². The van der Waals surface area contributed by atoms with E-state index in [0.29, 0.717) is 12.1 Å². The lowest BCUT2D eigenvalue weighted by atomic mass is 10.0. The first kappa shape index (κ1) is 19.0. The number of rotatable bonds is 6. The van der Waals surface area contributed by atoms with E-state index in [1.807, 2.05) is 49.3 Å². The number of benzene rings is 2. The lowest BCUT2D eigenvalue weighted by Crippen LogP contribution is -2.36. The number of nitrogens with zero attached hydrogens (tertiary/aromatic N) is 1. The molecule has 1 amide bonds. The number of hydrogen-bond donors (Lipinski definition) is 1. The standard InChI is InChI=1S/C19H21F3N2O/c1-24(2)13-17(15-6-4-3-5-7-15)23-18(25)12-14-8-10-16(11-9-14)19(20,21)22/h3-11,17H,12-13H2,1-2H3,(H,23,25). The van der Waals surface area contributed by atoms with Crippen molar-refractivity contribution in [2.75, 3.05) is 20.6 Å². The molecule has 1 N–H and O–H groups in total. The van der Waals surface area contributed by atoms with Gasteiger partial charge in [-0.2, -0.15) is 13.2 Å². The first-order valence-corrected chi connectivity index (χ1v) is 7.91. The molecule has 0 aromatic heterocycles. The largest absolute Gasteiger partial charge is 0.416 e. The van der Waals surface area contributed by atoms with Crippen LogP contribution in [0.3, 0.4) is 0 Å². The van der Waals surface area contributed by atoms with Crippen molar-refractivity contribution in [3.8, 4) is 0 Å². The molecule has 0 radical (unpaired) electrons. The Morgan fingerprint density at radius 2 is 1.64 bits per heavy atom. The van der Waals surface area contributed by atoms with Crippen molar-refractivity contribution in [2.45, 2.75) is 18.6 Å². The molecule has 3 nitrogen and oxygen atoms in total. The van der Waals surface area contributed by atoms with Gasteiger partial charge < -0.3 is 10.2 Å². The monoisotopic (exact) mass is 350 g/mol. The number of halogens is 3. The first-order valence-electron chi connectivity index (χ1n) is 7.91. The van der Waals surface area contributed by atoms with Gasteiger partial charge in [0.15, 0.2) is 0 Å². The molecule has 134 valence electrons. The zero-order valence-corrected chi connectivity index (χ0v) is 14.2. The summed E-state index contributed by atoms with van der Waals surface area (Å²) in [7, 11) is 3.83. The molecule has 2 rings (SSSR count). The molecule has 25 heavy (non-hydrogen) atoms. The van der Waals surface area contributed by atoms with E-state index in [1.54, 1.807) is 0 Å². The summed E-state index contributed by atoms with van der Waals surface area (Å²) in [6, 6.07) is 14.1. The zero-order chi connectivity index (χ0) is 18.4. The molecule has 0 saturated carbocycles. The third-order valence-corrected chi connectivity index (χ3v) is 3.73. The van der Waals surface area contributed by atoms with E-state index in [4.69, 9.17) is 0 Å². The Morgan fingerprint density at radius 3 is 2.16 bits per heavy atom. The maximum atomic E-state index is 12.6. The van der Waals surface area contributed by atoms with Crippen LogP contribution in [0, 0.1) is 0 Å². The van der Waals surface area contributed by atoms with Gasteiger partial charge in [-0.3, -0.25) is 4.79 Å². The summed E-state index contributed by atoms with van der Waals surface area (Å²) in [6.45, 7) is 0.628. The molecule has 1 atom stereocenters. The highest BCUT2D eigenvalue weighted by Gasteiger charge is 2.30. The van der Waals surface area contributed by atoms with Gasteiger partial charge in [0.2, 0.25) is 5.91 Å². The Bertz CT molecular complexity index is 682. The topological polar surface area (TPSA) is 32.3 Å². The van der Waals surface area contributed by atoms with Crippen LogP contribution in [0.5, 0.6) is 0 Å². The fraction of sp³-hybridized carbons (Fsp3) is 0.316. The van der Waals surface area contributed by atoms with Gasteiger partial charge in [0.05, 0.1) is 18.0 Å². The summed E-state index contributed by atoms with van der Waals surface area (Å²) in [5.74, 6) is -0.226. The quantitative estimate of drug-likeness (QED) is 0.862. The van der Waals surface area contributed by atoms with E-state index in [0.717, 1.165) is 17.7 Å². The molecule has 1 unspecified atom stereocenters. The van der Waals surface area contributed by atoms with E-state index >= 15 is 0 Å². The normalized spacial score (nSPS) is 12.9. The van der Waals surface area contributed by atoms with E-state index in [1.165, 1.54) is 12.1 Å². The Kier molecular flexibility index (Phi) is 6.20. The highest BCUT2D eigenvalue weighted by atomic mass is 19.4. The maximum Gasteiger partial charge on any atom is 0.416 e. The third-order valence-electron chi connectivity index (χ3n) is 3.73. The highest BCUT2D eigenvalue weighted by Crippen LogP contribution is 2.29. The van der Waals surface area contributed by atoms with Crippen molar-refractivity contribution < 1.29 is 18.0 Å². The van der Waals surface area contributed by atoms with Crippen LogP contribution in [0.15, 0.2) is 54.6 Å². The van der Waals surface area contributed by atoms with Crippen LogP contribution >= 0.6 is 0 Å². The molecule has 0 spiro atoms. The van der Waals surface area contributed by atoms with Crippen LogP contribution in [0.2, 0.25) is 0 Å². The van der Waals surface area contributed by atoms with Gasteiger partial charge in [0.25, 0.3) is 0 Å². The number of hydrogen-bond acceptors (Lipinski definition) is 2. The second-order valence-corrected chi connectivity index (χ2v) is 6.16. The summed E-state index contributed by atoms with van der Waals surface area (Å²) in [5, 5.41) is 2.96. The molecule has 2 aromatic carbocycles. The van der Waals surface area contributed by atoms with Crippen LogP contribution in [0.1, 0.15) is 22.7 Å². The molecule has 0 aliphatic carbocycles. The molecular weight excluding hydrogens is 329 g/mol. The van der Waals surface area contributed by atoms with Crippen molar-refractivity contribution in [2.24, 2.45) is 0 Å². The van der Waals surface area contributed by atoms with Crippen molar-refractivity contribution >= 4 is 5.91 Å². The van der Waals surface area contributed by atoms with E-state index in [-0.39, 0.29) is 18.4 Å². The van der Waals surface area contributed by atoms with Crippen LogP contribution < -0.4 is 5.32 Å². The predicted octanol–water partition coefficient (Wildman–Crippen LogP) is 3.67. The van der Waals surface area contributed by atoms with Crippen LogP contribution in [0.4, 0.5) is 13.2 Å². The summed E-state index contributed by atoms with van der Waals surface area (Å²) in [5.41, 5.74) is 0.811. The Labute approximate surface area is 145 Å². The van der Waals surface area contributed by atoms with Crippen LogP contribution in [0.25, 0.3) is 0 Å². The zero-order valence-electron chi connectivity index (χ0n) is 14.2. The molecule has 6 heteroatoms. The SMILES string of the molecule is CN(C)CC(NC(=O)Cc1ccc(C(F)(F)F)cc1)c1ccccc1. The number of alkyl halides is 3. The Hall–Kier alpha value is -2.34. The maximum absolute atomic E-state index is 12.6. The number of nitrogens with one attached hydrogen (secondary N) is 1. The number of likely N-dealkylation sites (N-methyl/N-ethyl adjacent to an activating group) is 1. The summed E-state index contributed by atoms with van der Waals surface area (Å²) in [4.78, 5) is 14.3. The van der Waals surface area contributed by atoms with E-state index < -0.39 is 11.7 Å². The minimum atomic E-state index is -4.37.